The van der Waals surface area contributed by atoms with Gasteiger partial charge in [0.05, 0.1) is 6.61 Å². The van der Waals surface area contributed by atoms with E-state index in [-0.39, 0.29) is 12.5 Å². The zero-order valence-electron chi connectivity index (χ0n) is 9.31. The summed E-state index contributed by atoms with van der Waals surface area (Å²) in [5.41, 5.74) is 0. The molecular weight excluding hydrogens is 230 g/mol. The van der Waals surface area contributed by atoms with Crippen LogP contribution in [0.15, 0.2) is 12.1 Å². The summed E-state index contributed by atoms with van der Waals surface area (Å²) in [5.74, 6) is 0.305. The zero-order valence-corrected chi connectivity index (χ0v) is 10.1. The van der Waals surface area contributed by atoms with Crippen molar-refractivity contribution in [3.8, 4) is 0 Å². The minimum Gasteiger partial charge on any atom is -0.464 e. The molecule has 1 aromatic rings. The van der Waals surface area contributed by atoms with E-state index in [4.69, 9.17) is 16.3 Å². The average molecular weight is 244 g/mol. The monoisotopic (exact) mass is 243 g/mol. The summed E-state index contributed by atoms with van der Waals surface area (Å²) in [6.45, 7) is 2.54. The number of aromatic nitrogens is 2. The van der Waals surface area contributed by atoms with Gasteiger partial charge in [0.15, 0.2) is 11.0 Å². The quantitative estimate of drug-likeness (QED) is 0.734. The first kappa shape index (κ1) is 12.7. The summed E-state index contributed by atoms with van der Waals surface area (Å²) < 4.78 is 4.95. The lowest BCUT2D eigenvalue weighted by Gasteiger charge is -2.16. The highest BCUT2D eigenvalue weighted by atomic mass is 35.5. The van der Waals surface area contributed by atoms with Gasteiger partial charge in [-0.2, -0.15) is 0 Å². The molecule has 0 aromatic carbocycles. The first-order valence-electron chi connectivity index (χ1n) is 4.99. The highest BCUT2D eigenvalue weighted by Gasteiger charge is 2.09. The van der Waals surface area contributed by atoms with E-state index >= 15 is 0 Å². The summed E-state index contributed by atoms with van der Waals surface area (Å²) >= 11 is 5.61. The fraction of sp³-hybridized carbons (Fsp3) is 0.500. The van der Waals surface area contributed by atoms with Crippen molar-refractivity contribution >= 4 is 23.4 Å². The standard InChI is InChI=1S/C10H14ClN3O2/c1-3-6-16-10(15)7-14(2)9-5-4-8(11)12-13-9/h4-5H,3,6-7H2,1-2H3. The third kappa shape index (κ3) is 4.02. The number of carbonyl (C=O) groups is 1. The maximum Gasteiger partial charge on any atom is 0.325 e. The van der Waals surface area contributed by atoms with Crippen LogP contribution < -0.4 is 4.90 Å². The van der Waals surface area contributed by atoms with E-state index in [1.165, 1.54) is 0 Å². The summed E-state index contributed by atoms with van der Waals surface area (Å²) in [6.07, 6.45) is 0.816. The second-order valence-corrected chi connectivity index (χ2v) is 3.68. The normalized spacial score (nSPS) is 9.94. The Morgan fingerprint density at radius 2 is 2.25 bits per heavy atom. The second-order valence-electron chi connectivity index (χ2n) is 3.29. The van der Waals surface area contributed by atoms with Crippen molar-refractivity contribution in [3.63, 3.8) is 0 Å². The molecule has 0 fully saturated rings. The molecule has 16 heavy (non-hydrogen) atoms. The minimum absolute atomic E-state index is 0.149. The van der Waals surface area contributed by atoms with Gasteiger partial charge < -0.3 is 9.64 Å². The fourth-order valence-electron chi connectivity index (χ4n) is 1.05. The molecule has 1 aromatic heterocycles. The van der Waals surface area contributed by atoms with E-state index in [1.807, 2.05) is 6.92 Å². The fourth-order valence-corrected chi connectivity index (χ4v) is 1.15. The molecule has 88 valence electrons. The molecule has 0 unspecified atom stereocenters. The largest absolute Gasteiger partial charge is 0.464 e. The van der Waals surface area contributed by atoms with Crippen LogP contribution in [0.5, 0.6) is 0 Å². The van der Waals surface area contributed by atoms with Gasteiger partial charge in [0.2, 0.25) is 0 Å². The maximum atomic E-state index is 11.3. The van der Waals surface area contributed by atoms with Gasteiger partial charge in [-0.25, -0.2) is 0 Å². The number of hydrogen-bond donors (Lipinski definition) is 0. The summed E-state index contributed by atoms with van der Waals surface area (Å²) in [7, 11) is 1.74. The van der Waals surface area contributed by atoms with Crippen molar-refractivity contribution in [2.45, 2.75) is 13.3 Å². The number of nitrogens with zero attached hydrogens (tertiary/aromatic N) is 3. The van der Waals surface area contributed by atoms with Crippen LogP contribution in [0, 0.1) is 0 Å². The van der Waals surface area contributed by atoms with Crippen LogP contribution >= 0.6 is 11.6 Å². The lowest BCUT2D eigenvalue weighted by atomic mass is 10.4. The Morgan fingerprint density at radius 1 is 1.50 bits per heavy atom. The predicted molar refractivity (Wildman–Crippen MR) is 61.6 cm³/mol. The molecule has 1 heterocycles. The molecule has 0 aliphatic heterocycles. The number of ether oxygens (including phenoxy) is 1. The Bertz CT molecular complexity index is 342. The van der Waals surface area contributed by atoms with E-state index in [2.05, 4.69) is 10.2 Å². The van der Waals surface area contributed by atoms with Crippen molar-refractivity contribution in [1.29, 1.82) is 0 Å². The first-order chi connectivity index (χ1) is 7.63. The third-order valence-corrected chi connectivity index (χ3v) is 2.04. The zero-order chi connectivity index (χ0) is 12.0. The molecule has 0 atom stereocenters. The summed E-state index contributed by atoms with van der Waals surface area (Å²) in [6, 6.07) is 3.32. The van der Waals surface area contributed by atoms with Gasteiger partial charge in [-0.3, -0.25) is 4.79 Å². The van der Waals surface area contributed by atoms with E-state index in [9.17, 15) is 4.79 Å². The molecule has 0 bridgehead atoms. The first-order valence-corrected chi connectivity index (χ1v) is 5.37. The Hall–Kier alpha value is -1.36. The summed E-state index contributed by atoms with van der Waals surface area (Å²) in [5, 5.41) is 7.86. The number of carbonyl (C=O) groups excluding carboxylic acids is 1. The van der Waals surface area contributed by atoms with E-state index < -0.39 is 0 Å². The van der Waals surface area contributed by atoms with Crippen molar-refractivity contribution < 1.29 is 9.53 Å². The molecule has 0 aliphatic carbocycles. The molecule has 6 heteroatoms. The van der Waals surface area contributed by atoms with Crippen molar-refractivity contribution in [2.75, 3.05) is 25.1 Å². The lowest BCUT2D eigenvalue weighted by Crippen LogP contribution is -2.28. The number of esters is 1. The summed E-state index contributed by atoms with van der Waals surface area (Å²) in [4.78, 5) is 13.0. The molecule has 1 rings (SSSR count). The van der Waals surface area contributed by atoms with Gasteiger partial charge in [0.1, 0.15) is 6.54 Å². The minimum atomic E-state index is -0.277. The average Bonchev–Trinajstić information content (AvgIpc) is 2.27. The highest BCUT2D eigenvalue weighted by molar-refractivity contribution is 6.29. The van der Waals surface area contributed by atoms with Gasteiger partial charge in [-0.15, -0.1) is 10.2 Å². The van der Waals surface area contributed by atoms with Gasteiger partial charge in [0.25, 0.3) is 0 Å². The predicted octanol–water partition coefficient (Wildman–Crippen LogP) is 1.52. The van der Waals surface area contributed by atoms with Crippen LogP contribution in [0.3, 0.4) is 0 Å². The molecule has 0 N–H and O–H groups in total. The molecule has 0 saturated carbocycles. The van der Waals surface area contributed by atoms with Crippen LogP contribution in [-0.2, 0) is 9.53 Å². The van der Waals surface area contributed by atoms with Crippen LogP contribution in [0.4, 0.5) is 5.82 Å². The number of anilines is 1. The Kier molecular flexibility index (Phi) is 4.98. The number of likely N-dealkylation sites (N-methyl/N-ethyl adjacent to an activating group) is 1. The van der Waals surface area contributed by atoms with Gasteiger partial charge in [0, 0.05) is 7.05 Å². The molecule has 0 radical (unpaired) electrons. The van der Waals surface area contributed by atoms with Gasteiger partial charge in [-0.05, 0) is 18.6 Å². The van der Waals surface area contributed by atoms with Crippen LogP contribution in [0.2, 0.25) is 5.15 Å². The van der Waals surface area contributed by atoms with E-state index in [0.717, 1.165) is 6.42 Å². The second kappa shape index (κ2) is 6.27. The van der Waals surface area contributed by atoms with E-state index in [0.29, 0.717) is 17.6 Å². The Morgan fingerprint density at radius 3 is 2.81 bits per heavy atom. The van der Waals surface area contributed by atoms with Crippen molar-refractivity contribution in [1.82, 2.24) is 10.2 Å². The van der Waals surface area contributed by atoms with Gasteiger partial charge >= 0.3 is 5.97 Å². The maximum absolute atomic E-state index is 11.3. The Labute approximate surface area is 99.4 Å². The smallest absolute Gasteiger partial charge is 0.325 e. The van der Waals surface area contributed by atoms with Crippen LogP contribution in [0.25, 0.3) is 0 Å². The molecule has 0 amide bonds. The Balaban J connectivity index is 2.48. The third-order valence-electron chi connectivity index (χ3n) is 1.84. The highest BCUT2D eigenvalue weighted by Crippen LogP contribution is 2.09. The van der Waals surface area contributed by atoms with E-state index in [1.54, 1.807) is 24.1 Å². The molecule has 0 aliphatic rings. The van der Waals surface area contributed by atoms with Crippen LogP contribution in [-0.4, -0.2) is 36.4 Å². The van der Waals surface area contributed by atoms with Crippen molar-refractivity contribution in [3.05, 3.63) is 17.3 Å². The topological polar surface area (TPSA) is 55.3 Å². The number of hydrogen-bond acceptors (Lipinski definition) is 5. The molecule has 5 nitrogen and oxygen atoms in total. The number of rotatable bonds is 5. The van der Waals surface area contributed by atoms with Crippen LogP contribution in [0.1, 0.15) is 13.3 Å². The SMILES string of the molecule is CCCOC(=O)CN(C)c1ccc(Cl)nn1. The lowest BCUT2D eigenvalue weighted by molar-refractivity contribution is -0.141. The molecule has 0 saturated heterocycles. The molecular formula is C10H14ClN3O2. The molecule has 0 spiro atoms. The number of halogens is 1. The van der Waals surface area contributed by atoms with Crippen molar-refractivity contribution in [2.24, 2.45) is 0 Å². The van der Waals surface area contributed by atoms with Gasteiger partial charge in [-0.1, -0.05) is 18.5 Å².